The van der Waals surface area contributed by atoms with E-state index in [4.69, 9.17) is 4.98 Å². The summed E-state index contributed by atoms with van der Waals surface area (Å²) in [5, 5.41) is 11.0. The van der Waals surface area contributed by atoms with Gasteiger partial charge in [0.2, 0.25) is 0 Å². The predicted octanol–water partition coefficient (Wildman–Crippen LogP) is 15.7. The number of hydrogen-bond acceptors (Lipinski definition) is 1. The molecule has 0 aliphatic carbocycles. The summed E-state index contributed by atoms with van der Waals surface area (Å²) in [5.41, 5.74) is 14.6. The highest BCUT2D eigenvalue weighted by molar-refractivity contribution is 6.26. The van der Waals surface area contributed by atoms with Crippen LogP contribution in [0.4, 0.5) is 0 Å². The van der Waals surface area contributed by atoms with Crippen molar-refractivity contribution >= 4 is 70.7 Å². The van der Waals surface area contributed by atoms with E-state index >= 15 is 0 Å². The van der Waals surface area contributed by atoms with Crippen LogP contribution in [0.25, 0.3) is 121 Å². The van der Waals surface area contributed by atoms with Gasteiger partial charge in [0.1, 0.15) is 5.65 Å². The SMILES string of the molecule is c1ccc(-c2nc3c4c5ccccc5n(-c5ccccc5)c4c4cc(-c5cc6c7ccccc7c(-c7ccccc7)cc6c6ccccc56)ccc4n3c2-c2ccccc2)cc1. The second-order valence-electron chi connectivity index (χ2n) is 16.2. The van der Waals surface area contributed by atoms with E-state index in [9.17, 15) is 0 Å². The largest absolute Gasteiger partial charge is 0.308 e. The summed E-state index contributed by atoms with van der Waals surface area (Å²) >= 11 is 0. The van der Waals surface area contributed by atoms with Gasteiger partial charge in [0.25, 0.3) is 0 Å². The van der Waals surface area contributed by atoms with Crippen LogP contribution in [-0.4, -0.2) is 14.0 Å². The lowest BCUT2D eigenvalue weighted by molar-refractivity contribution is 1.18. The molecule has 3 heterocycles. The van der Waals surface area contributed by atoms with Crippen molar-refractivity contribution in [3.8, 4) is 50.5 Å². The van der Waals surface area contributed by atoms with E-state index in [1.807, 2.05) is 0 Å². The quantitative estimate of drug-likeness (QED) is 0.159. The molecule has 288 valence electrons. The zero-order valence-corrected chi connectivity index (χ0v) is 33.7. The van der Waals surface area contributed by atoms with Crippen molar-refractivity contribution in [2.24, 2.45) is 0 Å². The molecule has 0 amide bonds. The molecule has 0 spiro atoms. The molecule has 62 heavy (non-hydrogen) atoms. The van der Waals surface area contributed by atoms with E-state index in [1.165, 1.54) is 60.0 Å². The van der Waals surface area contributed by atoms with E-state index in [0.29, 0.717) is 0 Å². The number of aromatic nitrogens is 3. The number of imidazole rings is 1. The fraction of sp³-hybridized carbons (Fsp3) is 0. The average molecular weight is 788 g/mol. The molecule has 0 aliphatic heterocycles. The van der Waals surface area contributed by atoms with Crippen molar-refractivity contribution in [3.05, 3.63) is 224 Å². The van der Waals surface area contributed by atoms with E-state index < -0.39 is 0 Å². The minimum absolute atomic E-state index is 0.945. The van der Waals surface area contributed by atoms with Gasteiger partial charge in [-0.25, -0.2) is 4.98 Å². The number of benzene rings is 10. The monoisotopic (exact) mass is 787 g/mol. The van der Waals surface area contributed by atoms with Crippen LogP contribution < -0.4 is 0 Å². The number of rotatable bonds is 5. The highest BCUT2D eigenvalue weighted by Crippen LogP contribution is 2.46. The Labute approximate surface area is 358 Å². The molecule has 0 unspecified atom stereocenters. The molecule has 0 radical (unpaired) electrons. The third-order valence-electron chi connectivity index (χ3n) is 12.9. The maximum atomic E-state index is 5.66. The summed E-state index contributed by atoms with van der Waals surface area (Å²) in [4.78, 5) is 5.66. The molecule has 0 fully saturated rings. The van der Waals surface area contributed by atoms with Gasteiger partial charge < -0.3 is 4.57 Å². The van der Waals surface area contributed by atoms with Crippen LogP contribution in [0.15, 0.2) is 224 Å². The van der Waals surface area contributed by atoms with E-state index in [2.05, 4.69) is 233 Å². The van der Waals surface area contributed by atoms with Crippen molar-refractivity contribution in [2.45, 2.75) is 0 Å². The molecule has 0 aliphatic rings. The van der Waals surface area contributed by atoms with Gasteiger partial charge in [-0.15, -0.1) is 0 Å². The summed E-state index contributed by atoms with van der Waals surface area (Å²) in [6, 6.07) is 81.6. The predicted molar refractivity (Wildman–Crippen MR) is 261 cm³/mol. The molecule has 0 saturated heterocycles. The van der Waals surface area contributed by atoms with Gasteiger partial charge in [-0.2, -0.15) is 0 Å². The van der Waals surface area contributed by atoms with Crippen molar-refractivity contribution in [1.29, 1.82) is 0 Å². The minimum Gasteiger partial charge on any atom is -0.308 e. The third kappa shape index (κ3) is 5.09. The van der Waals surface area contributed by atoms with Gasteiger partial charge in [0.15, 0.2) is 0 Å². The second kappa shape index (κ2) is 13.6. The molecule has 13 rings (SSSR count). The number of hydrogen-bond donors (Lipinski definition) is 0. The Morgan fingerprint density at radius 1 is 0.323 bits per heavy atom. The van der Waals surface area contributed by atoms with E-state index in [1.54, 1.807) is 0 Å². The zero-order chi connectivity index (χ0) is 40.7. The van der Waals surface area contributed by atoms with E-state index in [0.717, 1.165) is 61.2 Å². The van der Waals surface area contributed by atoms with Gasteiger partial charge in [0, 0.05) is 27.6 Å². The maximum Gasteiger partial charge on any atom is 0.148 e. The normalized spacial score (nSPS) is 11.9. The van der Waals surface area contributed by atoms with Crippen LogP contribution >= 0.6 is 0 Å². The minimum atomic E-state index is 0.945. The third-order valence-corrected chi connectivity index (χ3v) is 12.9. The van der Waals surface area contributed by atoms with E-state index in [-0.39, 0.29) is 0 Å². The van der Waals surface area contributed by atoms with Gasteiger partial charge in [-0.05, 0) is 97.0 Å². The molecule has 0 bridgehead atoms. The van der Waals surface area contributed by atoms with Crippen LogP contribution in [0.2, 0.25) is 0 Å². The van der Waals surface area contributed by atoms with Crippen LogP contribution in [0.5, 0.6) is 0 Å². The summed E-state index contributed by atoms with van der Waals surface area (Å²) in [6.07, 6.45) is 0. The smallest absolute Gasteiger partial charge is 0.148 e. The average Bonchev–Trinajstić information content (AvgIpc) is 3.92. The highest BCUT2D eigenvalue weighted by atomic mass is 15.1. The first kappa shape index (κ1) is 34.6. The summed E-state index contributed by atoms with van der Waals surface area (Å²) < 4.78 is 4.88. The lowest BCUT2D eigenvalue weighted by Crippen LogP contribution is -1.98. The number of pyridine rings is 1. The Morgan fingerprint density at radius 3 is 1.45 bits per heavy atom. The summed E-state index contributed by atoms with van der Waals surface area (Å²) in [7, 11) is 0. The van der Waals surface area contributed by atoms with Crippen LogP contribution in [-0.2, 0) is 0 Å². The molecule has 0 atom stereocenters. The van der Waals surface area contributed by atoms with Gasteiger partial charge in [0.05, 0.1) is 33.3 Å². The molecular weight excluding hydrogens is 751 g/mol. The molecule has 0 saturated carbocycles. The number of para-hydroxylation sites is 2. The Morgan fingerprint density at radius 2 is 0.823 bits per heavy atom. The molecule has 3 heteroatoms. The van der Waals surface area contributed by atoms with Gasteiger partial charge in [-0.1, -0.05) is 182 Å². The van der Waals surface area contributed by atoms with Crippen molar-refractivity contribution in [1.82, 2.24) is 14.0 Å². The molecule has 3 nitrogen and oxygen atoms in total. The molecular formula is C59H37N3. The van der Waals surface area contributed by atoms with Crippen LogP contribution in [0.3, 0.4) is 0 Å². The first-order chi connectivity index (χ1) is 30.8. The lowest BCUT2D eigenvalue weighted by Gasteiger charge is -2.17. The van der Waals surface area contributed by atoms with Crippen molar-refractivity contribution in [2.75, 3.05) is 0 Å². The van der Waals surface area contributed by atoms with Gasteiger partial charge >= 0.3 is 0 Å². The summed E-state index contributed by atoms with van der Waals surface area (Å²) in [6.45, 7) is 0. The Kier molecular flexibility index (Phi) is 7.60. The fourth-order valence-electron chi connectivity index (χ4n) is 10.2. The van der Waals surface area contributed by atoms with Crippen molar-refractivity contribution in [3.63, 3.8) is 0 Å². The van der Waals surface area contributed by atoms with Crippen LogP contribution in [0.1, 0.15) is 0 Å². The Bertz CT molecular complexity index is 3880. The summed E-state index contributed by atoms with van der Waals surface area (Å²) in [5.74, 6) is 0. The molecule has 10 aromatic carbocycles. The van der Waals surface area contributed by atoms with Crippen LogP contribution in [0, 0.1) is 0 Å². The lowest BCUT2D eigenvalue weighted by atomic mass is 9.87. The first-order valence-corrected chi connectivity index (χ1v) is 21.3. The Balaban J connectivity index is 1.20. The maximum absolute atomic E-state index is 5.66. The molecule has 0 N–H and O–H groups in total. The van der Waals surface area contributed by atoms with Crippen molar-refractivity contribution < 1.29 is 0 Å². The number of nitrogens with zero attached hydrogens (tertiary/aromatic N) is 3. The molecule has 13 aromatic rings. The highest BCUT2D eigenvalue weighted by Gasteiger charge is 2.26. The second-order valence-corrected chi connectivity index (χ2v) is 16.2. The first-order valence-electron chi connectivity index (χ1n) is 21.3. The van der Waals surface area contributed by atoms with Gasteiger partial charge in [-0.3, -0.25) is 4.40 Å². The number of fused-ring (bicyclic) bond motifs is 13. The Hall–Kier alpha value is -8.27. The zero-order valence-electron chi connectivity index (χ0n) is 33.7. The topological polar surface area (TPSA) is 22.2 Å². The standard InChI is InChI=1S/C59H37N3/c1-5-19-38(20-6-1)48-36-50-46-30-16-14-28-44(46)49(37-51(50)45-29-15-13-27-43(45)48)41-33-34-54-52(35-41)58-55(47-31-17-18-32-53(47)61(58)42-25-11-4-12-26-42)59-60-56(39-21-7-2-8-22-39)57(62(54)59)40-23-9-3-10-24-40/h1-37H. The fourth-order valence-corrected chi connectivity index (χ4v) is 10.2. The molecule has 3 aromatic heterocycles.